The molecule has 1 aliphatic heterocycles. The first-order valence-electron chi connectivity index (χ1n) is 7.91. The number of aromatic nitrogens is 2. The number of hydrogen-bond acceptors (Lipinski definition) is 5. The third-order valence-corrected chi connectivity index (χ3v) is 5.51. The van der Waals surface area contributed by atoms with Crippen molar-refractivity contribution >= 4 is 23.2 Å². The van der Waals surface area contributed by atoms with Crippen LogP contribution in [-0.4, -0.2) is 33.0 Å². The third-order valence-electron chi connectivity index (χ3n) is 4.60. The Kier molecular flexibility index (Phi) is 3.93. The summed E-state index contributed by atoms with van der Waals surface area (Å²) in [4.78, 5) is 32.6. The Bertz CT molecular complexity index is 888. The van der Waals surface area contributed by atoms with Gasteiger partial charge in [-0.25, -0.2) is 9.78 Å². The van der Waals surface area contributed by atoms with E-state index in [4.69, 9.17) is 0 Å². The zero-order valence-corrected chi connectivity index (χ0v) is 13.9. The van der Waals surface area contributed by atoms with Gasteiger partial charge in [0.1, 0.15) is 5.01 Å². The number of carbonyl (C=O) groups is 2. The monoisotopic (exact) mass is 353 g/mol. The molecule has 2 N–H and O–H groups in total. The summed E-state index contributed by atoms with van der Waals surface area (Å²) in [5.74, 6) is -1.73. The fourth-order valence-corrected chi connectivity index (χ4v) is 4.22. The van der Waals surface area contributed by atoms with E-state index in [9.17, 15) is 14.7 Å². The number of fused-ring (bicyclic) bond motifs is 1. The second kappa shape index (κ2) is 6.25. The summed E-state index contributed by atoms with van der Waals surface area (Å²) in [6, 6.07) is 3.48. The van der Waals surface area contributed by atoms with Gasteiger partial charge >= 0.3 is 5.97 Å². The van der Waals surface area contributed by atoms with Crippen molar-refractivity contribution in [1.29, 1.82) is 0 Å². The molecule has 0 aromatic carbocycles. The fraction of sp³-hybridized carbons (Fsp3) is 0.222. The lowest BCUT2D eigenvalue weighted by atomic mass is 9.76. The lowest BCUT2D eigenvalue weighted by Crippen LogP contribution is -2.49. The first kappa shape index (κ1) is 15.7. The number of nitrogens with one attached hydrogen (secondary N) is 1. The molecular formula is C18H15N3O3S. The van der Waals surface area contributed by atoms with Crippen molar-refractivity contribution < 1.29 is 14.7 Å². The molecule has 2 aromatic rings. The Morgan fingerprint density at radius 1 is 1.32 bits per heavy atom. The molecule has 25 heavy (non-hydrogen) atoms. The average molecular weight is 353 g/mol. The Morgan fingerprint density at radius 2 is 2.12 bits per heavy atom. The zero-order valence-electron chi connectivity index (χ0n) is 13.1. The van der Waals surface area contributed by atoms with Gasteiger partial charge in [-0.05, 0) is 18.6 Å². The molecular weight excluding hydrogens is 338 g/mol. The number of hydrogen-bond donors (Lipinski definition) is 2. The summed E-state index contributed by atoms with van der Waals surface area (Å²) < 4.78 is 0. The summed E-state index contributed by atoms with van der Waals surface area (Å²) in [6.07, 6.45) is 8.99. The Morgan fingerprint density at radius 3 is 2.88 bits per heavy atom. The van der Waals surface area contributed by atoms with Crippen LogP contribution in [0, 0.1) is 5.92 Å². The van der Waals surface area contributed by atoms with Crippen molar-refractivity contribution in [3.8, 4) is 10.6 Å². The number of carboxylic acids is 1. The van der Waals surface area contributed by atoms with Crippen LogP contribution in [0.25, 0.3) is 10.6 Å². The molecule has 2 aromatic heterocycles. The lowest BCUT2D eigenvalue weighted by molar-refractivity contribution is -0.134. The number of pyridine rings is 1. The second-order valence-corrected chi connectivity index (χ2v) is 6.91. The minimum atomic E-state index is -0.940. The molecule has 0 saturated carbocycles. The highest BCUT2D eigenvalue weighted by molar-refractivity contribution is 7.13. The Labute approximate surface area is 147 Å². The number of nitrogens with zero attached hydrogens (tertiary/aromatic N) is 2. The third kappa shape index (κ3) is 2.87. The van der Waals surface area contributed by atoms with Gasteiger partial charge in [-0.3, -0.25) is 9.78 Å². The minimum Gasteiger partial charge on any atom is -0.478 e. The molecule has 1 amide bonds. The maximum Gasteiger partial charge on any atom is 0.331 e. The highest BCUT2D eigenvalue weighted by Gasteiger charge is 2.40. The van der Waals surface area contributed by atoms with Gasteiger partial charge < -0.3 is 10.4 Å². The van der Waals surface area contributed by atoms with Crippen molar-refractivity contribution in [3.05, 3.63) is 59.4 Å². The highest BCUT2D eigenvalue weighted by Crippen LogP contribution is 2.37. The predicted octanol–water partition coefficient (Wildman–Crippen LogP) is 2.37. The van der Waals surface area contributed by atoms with Crippen LogP contribution < -0.4 is 5.32 Å². The highest BCUT2D eigenvalue weighted by atomic mass is 32.1. The van der Waals surface area contributed by atoms with E-state index in [1.165, 1.54) is 11.3 Å². The van der Waals surface area contributed by atoms with Gasteiger partial charge in [-0.1, -0.05) is 18.2 Å². The molecule has 0 radical (unpaired) electrons. The number of thiazole rings is 1. The molecule has 0 bridgehead atoms. The van der Waals surface area contributed by atoms with E-state index in [1.807, 2.05) is 23.6 Å². The van der Waals surface area contributed by atoms with Crippen molar-refractivity contribution in [1.82, 2.24) is 15.3 Å². The molecule has 6 nitrogen and oxygen atoms in total. The second-order valence-electron chi connectivity index (χ2n) is 6.05. The summed E-state index contributed by atoms with van der Waals surface area (Å²) in [7, 11) is 0. The van der Waals surface area contributed by atoms with Crippen molar-refractivity contribution in [2.45, 2.75) is 18.4 Å². The van der Waals surface area contributed by atoms with Crippen LogP contribution in [0.1, 0.15) is 18.0 Å². The van der Waals surface area contributed by atoms with E-state index < -0.39 is 11.9 Å². The normalized spacial score (nSPS) is 25.0. The first-order valence-corrected chi connectivity index (χ1v) is 8.79. The average Bonchev–Trinajstić information content (AvgIpc) is 3.11. The van der Waals surface area contributed by atoms with Crippen LogP contribution in [0.5, 0.6) is 0 Å². The van der Waals surface area contributed by atoms with Crippen molar-refractivity contribution in [2.24, 2.45) is 5.92 Å². The number of amides is 1. The molecule has 2 aliphatic rings. The van der Waals surface area contributed by atoms with E-state index in [2.05, 4.69) is 15.3 Å². The van der Waals surface area contributed by atoms with Crippen LogP contribution in [-0.2, 0) is 9.59 Å². The number of carboxylic acid groups (broad SMARTS) is 1. The van der Waals surface area contributed by atoms with Crippen LogP contribution in [0.3, 0.4) is 0 Å². The molecule has 4 rings (SSSR count). The van der Waals surface area contributed by atoms with E-state index in [0.29, 0.717) is 17.7 Å². The summed E-state index contributed by atoms with van der Waals surface area (Å²) in [5, 5.41) is 15.0. The summed E-state index contributed by atoms with van der Waals surface area (Å²) >= 11 is 1.47. The standard InChI is InChI=1S/C18H15N3O3S/c22-16-13(8-12-11(18(23)24)2-1-3-14(12)20-16)15-9-25-17(21-15)10-4-6-19-7-5-10/h1-7,9,12-14H,8H2,(H,20,22)(H,23,24). The maximum atomic E-state index is 12.5. The van der Waals surface area contributed by atoms with Crippen molar-refractivity contribution in [2.75, 3.05) is 0 Å². The van der Waals surface area contributed by atoms with Crippen LogP contribution in [0.4, 0.5) is 0 Å². The largest absolute Gasteiger partial charge is 0.478 e. The molecule has 126 valence electrons. The van der Waals surface area contributed by atoms with E-state index >= 15 is 0 Å². The smallest absolute Gasteiger partial charge is 0.331 e. The summed E-state index contributed by atoms with van der Waals surface area (Å²) in [6.45, 7) is 0. The van der Waals surface area contributed by atoms with Gasteiger partial charge in [0.25, 0.3) is 0 Å². The van der Waals surface area contributed by atoms with E-state index in [-0.39, 0.29) is 17.9 Å². The van der Waals surface area contributed by atoms with Gasteiger partial charge in [0.2, 0.25) is 5.91 Å². The molecule has 0 spiro atoms. The maximum absolute atomic E-state index is 12.5. The molecule has 7 heteroatoms. The zero-order chi connectivity index (χ0) is 17.4. The van der Waals surface area contributed by atoms with Crippen molar-refractivity contribution in [3.63, 3.8) is 0 Å². The van der Waals surface area contributed by atoms with Gasteiger partial charge in [-0.15, -0.1) is 11.3 Å². The number of allylic oxidation sites excluding steroid dienone is 2. The molecule has 1 fully saturated rings. The minimum absolute atomic E-state index is 0.107. The molecule has 3 heterocycles. The van der Waals surface area contributed by atoms with Crippen LogP contribution in [0.2, 0.25) is 0 Å². The Balaban J connectivity index is 1.62. The lowest BCUT2D eigenvalue weighted by Gasteiger charge is -2.36. The summed E-state index contributed by atoms with van der Waals surface area (Å²) in [5.41, 5.74) is 1.97. The molecule has 1 aliphatic carbocycles. The van der Waals surface area contributed by atoms with Crippen LogP contribution in [0.15, 0.2) is 53.7 Å². The topological polar surface area (TPSA) is 92.2 Å². The van der Waals surface area contributed by atoms with E-state index in [1.54, 1.807) is 24.5 Å². The van der Waals surface area contributed by atoms with Gasteiger partial charge in [0.15, 0.2) is 0 Å². The first-order chi connectivity index (χ1) is 12.1. The predicted molar refractivity (Wildman–Crippen MR) is 93.0 cm³/mol. The number of carbonyl (C=O) groups excluding carboxylic acids is 1. The van der Waals surface area contributed by atoms with E-state index in [0.717, 1.165) is 10.6 Å². The number of aliphatic carboxylic acids is 1. The SMILES string of the molecule is O=C(O)C1=CC=CC2NC(=O)C(c3csc(-c4ccncc4)n3)CC12. The fourth-order valence-electron chi connectivity index (χ4n) is 3.34. The quantitative estimate of drug-likeness (QED) is 0.884. The van der Waals surface area contributed by atoms with Crippen LogP contribution >= 0.6 is 11.3 Å². The molecule has 3 atom stereocenters. The number of piperidine rings is 1. The Hall–Kier alpha value is -2.80. The number of rotatable bonds is 3. The molecule has 1 saturated heterocycles. The van der Waals surface area contributed by atoms with Gasteiger partial charge in [0.05, 0.1) is 17.7 Å². The molecule has 3 unspecified atom stereocenters. The van der Waals surface area contributed by atoms with Gasteiger partial charge in [-0.2, -0.15) is 0 Å². The van der Waals surface area contributed by atoms with Gasteiger partial charge in [0, 0.05) is 34.8 Å².